The molecule has 134 valence electrons. The van der Waals surface area contributed by atoms with Crippen molar-refractivity contribution in [1.29, 1.82) is 0 Å². The first kappa shape index (κ1) is 18.9. The molecule has 0 aliphatic rings. The lowest BCUT2D eigenvalue weighted by molar-refractivity contribution is -0.108. The van der Waals surface area contributed by atoms with Crippen molar-refractivity contribution in [2.75, 3.05) is 0 Å². The summed E-state index contributed by atoms with van der Waals surface area (Å²) in [6.07, 6.45) is 2.10. The molecule has 1 amide bonds. The summed E-state index contributed by atoms with van der Waals surface area (Å²) < 4.78 is 1.01. The molecule has 3 aromatic rings. The molecule has 3 heteroatoms. The van der Waals surface area contributed by atoms with Gasteiger partial charge in [0.05, 0.1) is 5.41 Å². The average molecular weight is 418 g/mol. The van der Waals surface area contributed by atoms with Gasteiger partial charge in [-0.1, -0.05) is 94.6 Å². The molecule has 0 bridgehead atoms. The molecular formula is C24H20BrNO. The molecule has 2 nitrogen and oxygen atoms in total. The Kier molecular flexibility index (Phi) is 6.46. The van der Waals surface area contributed by atoms with E-state index in [0.717, 1.165) is 22.9 Å². The number of benzene rings is 3. The second kappa shape index (κ2) is 9.21. The van der Waals surface area contributed by atoms with Crippen molar-refractivity contribution in [3.8, 4) is 12.0 Å². The van der Waals surface area contributed by atoms with E-state index in [9.17, 15) is 4.79 Å². The summed E-state index contributed by atoms with van der Waals surface area (Å²) in [7, 11) is 0. The maximum Gasteiger partial charge on any atom is 0.218 e. The van der Waals surface area contributed by atoms with Crippen LogP contribution in [0.1, 0.15) is 16.7 Å². The zero-order valence-electron chi connectivity index (χ0n) is 14.9. The van der Waals surface area contributed by atoms with Crippen molar-refractivity contribution in [3.05, 3.63) is 106 Å². The largest absolute Gasteiger partial charge is 0.288 e. The van der Waals surface area contributed by atoms with Crippen LogP contribution in [0.5, 0.6) is 0 Å². The van der Waals surface area contributed by atoms with E-state index >= 15 is 0 Å². The van der Waals surface area contributed by atoms with Gasteiger partial charge in [0.2, 0.25) is 6.41 Å². The van der Waals surface area contributed by atoms with E-state index in [2.05, 4.69) is 69.6 Å². The normalized spacial score (nSPS) is 10.6. The van der Waals surface area contributed by atoms with E-state index in [4.69, 9.17) is 0 Å². The van der Waals surface area contributed by atoms with Gasteiger partial charge >= 0.3 is 0 Å². The minimum atomic E-state index is -0.470. The predicted molar refractivity (Wildman–Crippen MR) is 113 cm³/mol. The van der Waals surface area contributed by atoms with Crippen LogP contribution in [0.25, 0.3) is 0 Å². The summed E-state index contributed by atoms with van der Waals surface area (Å²) in [4.78, 5) is 10.8. The van der Waals surface area contributed by atoms with Crippen LogP contribution in [0, 0.1) is 12.0 Å². The summed E-state index contributed by atoms with van der Waals surface area (Å²) in [5, 5.41) is 2.51. The number of hydrogen-bond donors (Lipinski definition) is 1. The van der Waals surface area contributed by atoms with Crippen molar-refractivity contribution >= 4 is 22.3 Å². The smallest absolute Gasteiger partial charge is 0.218 e. The Hall–Kier alpha value is -2.83. The second-order valence-electron chi connectivity index (χ2n) is 6.43. The van der Waals surface area contributed by atoms with E-state index in [0.29, 0.717) is 6.41 Å². The lowest BCUT2D eigenvalue weighted by Gasteiger charge is -2.30. The van der Waals surface area contributed by atoms with E-state index in [1.54, 1.807) is 0 Å². The molecule has 0 fully saturated rings. The Morgan fingerprint density at radius 1 is 0.852 bits per heavy atom. The Morgan fingerprint density at radius 3 is 1.96 bits per heavy atom. The Labute approximate surface area is 168 Å². The van der Waals surface area contributed by atoms with Gasteiger partial charge < -0.3 is 0 Å². The van der Waals surface area contributed by atoms with Gasteiger partial charge in [-0.2, -0.15) is 0 Å². The molecule has 3 rings (SSSR count). The van der Waals surface area contributed by atoms with Crippen molar-refractivity contribution in [3.63, 3.8) is 0 Å². The molecule has 27 heavy (non-hydrogen) atoms. The van der Waals surface area contributed by atoms with Crippen LogP contribution >= 0.6 is 15.9 Å². The Balaban J connectivity index is 2.13. The van der Waals surface area contributed by atoms with Crippen molar-refractivity contribution in [1.82, 2.24) is 5.32 Å². The number of hydrogen-bond acceptors (Lipinski definition) is 1. The molecule has 0 aliphatic heterocycles. The molecule has 0 spiro atoms. The predicted octanol–water partition coefficient (Wildman–Crippen LogP) is 4.88. The SMILES string of the molecule is O=CNC#CC(Cc1ccccc1)(Cc1ccccc1)c1cccc(Br)c1. The van der Waals surface area contributed by atoms with Gasteiger partial charge in [0.1, 0.15) is 0 Å². The van der Waals surface area contributed by atoms with Gasteiger partial charge in [-0.05, 0) is 41.7 Å². The molecule has 0 atom stereocenters. The minimum absolute atomic E-state index is 0.470. The van der Waals surface area contributed by atoms with Crippen LogP contribution in [0.3, 0.4) is 0 Å². The maximum absolute atomic E-state index is 10.8. The average Bonchev–Trinajstić information content (AvgIpc) is 2.70. The third-order valence-corrected chi connectivity index (χ3v) is 5.00. The van der Waals surface area contributed by atoms with Crippen LogP contribution in [-0.4, -0.2) is 6.41 Å². The highest BCUT2D eigenvalue weighted by atomic mass is 79.9. The number of rotatable bonds is 6. The van der Waals surface area contributed by atoms with Crippen LogP contribution in [0.15, 0.2) is 89.4 Å². The highest BCUT2D eigenvalue weighted by Gasteiger charge is 2.31. The molecule has 0 aromatic heterocycles. The zero-order chi connectivity index (χ0) is 19.0. The van der Waals surface area contributed by atoms with E-state index in [1.807, 2.05) is 48.5 Å². The van der Waals surface area contributed by atoms with Gasteiger partial charge in [0.15, 0.2) is 0 Å². The first-order chi connectivity index (χ1) is 13.2. The summed E-state index contributed by atoms with van der Waals surface area (Å²) in [5.41, 5.74) is 3.05. The molecule has 1 N–H and O–H groups in total. The summed E-state index contributed by atoms with van der Waals surface area (Å²) in [6, 6.07) is 31.8. The monoisotopic (exact) mass is 417 g/mol. The zero-order valence-corrected chi connectivity index (χ0v) is 16.4. The molecule has 0 radical (unpaired) electrons. The van der Waals surface area contributed by atoms with Crippen LogP contribution in [0.4, 0.5) is 0 Å². The number of carbonyl (C=O) groups is 1. The van der Waals surface area contributed by atoms with Crippen molar-refractivity contribution < 1.29 is 4.79 Å². The summed E-state index contributed by atoms with van der Waals surface area (Å²) >= 11 is 3.59. The number of carbonyl (C=O) groups excluding carboxylic acids is 1. The Bertz CT molecular complexity index is 901. The quantitative estimate of drug-likeness (QED) is 0.345. The fraction of sp³-hybridized carbons (Fsp3) is 0.125. The van der Waals surface area contributed by atoms with E-state index in [-0.39, 0.29) is 0 Å². The maximum atomic E-state index is 10.8. The molecule has 3 aromatic carbocycles. The minimum Gasteiger partial charge on any atom is -0.288 e. The molecule has 0 saturated heterocycles. The van der Waals surface area contributed by atoms with Gasteiger partial charge in [-0.25, -0.2) is 0 Å². The Morgan fingerprint density at radius 2 is 1.44 bits per heavy atom. The molecule has 0 heterocycles. The third-order valence-electron chi connectivity index (χ3n) is 4.51. The van der Waals surface area contributed by atoms with Crippen molar-refractivity contribution in [2.45, 2.75) is 18.3 Å². The van der Waals surface area contributed by atoms with Crippen molar-refractivity contribution in [2.24, 2.45) is 0 Å². The summed E-state index contributed by atoms with van der Waals surface area (Å²) in [5.74, 6) is 3.36. The fourth-order valence-corrected chi connectivity index (χ4v) is 3.69. The molecular weight excluding hydrogens is 398 g/mol. The molecule has 0 unspecified atom stereocenters. The highest BCUT2D eigenvalue weighted by Crippen LogP contribution is 2.33. The first-order valence-corrected chi connectivity index (χ1v) is 9.56. The van der Waals surface area contributed by atoms with Gasteiger partial charge in [-0.15, -0.1) is 0 Å². The van der Waals surface area contributed by atoms with Gasteiger partial charge in [-0.3, -0.25) is 10.1 Å². The van der Waals surface area contributed by atoms with Crippen LogP contribution in [-0.2, 0) is 23.1 Å². The van der Waals surface area contributed by atoms with E-state index < -0.39 is 5.41 Å². The number of amides is 1. The fourth-order valence-electron chi connectivity index (χ4n) is 3.29. The standard InChI is InChI=1S/C24H20BrNO/c25-23-13-7-12-22(16-23)24(14-15-26-19-27,17-20-8-3-1-4-9-20)18-21-10-5-2-6-11-21/h1-13,16,19H,17-18H2,(H,26,27). The molecule has 0 aliphatic carbocycles. The van der Waals surface area contributed by atoms with Gasteiger partial charge in [0.25, 0.3) is 0 Å². The first-order valence-electron chi connectivity index (χ1n) is 8.77. The third kappa shape index (κ3) is 5.09. The highest BCUT2D eigenvalue weighted by molar-refractivity contribution is 9.10. The lowest BCUT2D eigenvalue weighted by atomic mass is 9.72. The van der Waals surface area contributed by atoms with Crippen LogP contribution in [0.2, 0.25) is 0 Å². The van der Waals surface area contributed by atoms with Gasteiger partial charge in [0, 0.05) is 10.5 Å². The number of halogens is 1. The second-order valence-corrected chi connectivity index (χ2v) is 7.35. The van der Waals surface area contributed by atoms with E-state index in [1.165, 1.54) is 11.1 Å². The number of nitrogens with one attached hydrogen (secondary N) is 1. The van der Waals surface area contributed by atoms with Crippen LogP contribution < -0.4 is 5.32 Å². The topological polar surface area (TPSA) is 29.1 Å². The molecule has 0 saturated carbocycles. The summed E-state index contributed by atoms with van der Waals surface area (Å²) in [6.45, 7) is 0. The lowest BCUT2D eigenvalue weighted by Crippen LogP contribution is -2.31.